The maximum absolute atomic E-state index is 13.5. The maximum Gasteiger partial charge on any atom is 0.490 e. The van der Waals surface area contributed by atoms with Gasteiger partial charge in [0.1, 0.15) is 18.0 Å². The summed E-state index contributed by atoms with van der Waals surface area (Å²) in [6, 6.07) is 12.0. The zero-order valence-electron chi connectivity index (χ0n) is 20.1. The van der Waals surface area contributed by atoms with Crippen molar-refractivity contribution in [1.29, 1.82) is 0 Å². The third kappa shape index (κ3) is 8.52. The summed E-state index contributed by atoms with van der Waals surface area (Å²) in [5.74, 6) is -4.76. The van der Waals surface area contributed by atoms with Gasteiger partial charge in [0, 0.05) is 12.6 Å². The van der Waals surface area contributed by atoms with Gasteiger partial charge in [-0.3, -0.25) is 9.59 Å². The summed E-state index contributed by atoms with van der Waals surface area (Å²) in [6.45, 7) is 3.96. The molecule has 1 aliphatic heterocycles. The molecule has 12 heteroatoms. The number of amides is 2. The molecule has 2 amide bonds. The Morgan fingerprint density at radius 1 is 1.03 bits per heavy atom. The summed E-state index contributed by atoms with van der Waals surface area (Å²) in [7, 11) is 0. The van der Waals surface area contributed by atoms with Gasteiger partial charge < -0.3 is 21.1 Å². The number of carbonyl (C=O) groups is 3. The lowest BCUT2D eigenvalue weighted by Crippen LogP contribution is -2.51. The van der Waals surface area contributed by atoms with Crippen LogP contribution in [0.3, 0.4) is 0 Å². The number of hydrogen-bond acceptors (Lipinski definition) is 4. The molecule has 1 heterocycles. The van der Waals surface area contributed by atoms with Crippen molar-refractivity contribution in [2.24, 2.45) is 5.73 Å². The van der Waals surface area contributed by atoms with E-state index in [1.54, 1.807) is 24.3 Å². The maximum atomic E-state index is 13.5. The largest absolute Gasteiger partial charge is 0.490 e. The van der Waals surface area contributed by atoms with Gasteiger partial charge in [-0.25, -0.2) is 13.6 Å². The van der Waals surface area contributed by atoms with E-state index >= 15 is 0 Å². The van der Waals surface area contributed by atoms with Crippen LogP contribution in [0.5, 0.6) is 0 Å². The smallest absolute Gasteiger partial charge is 0.475 e. The Hall–Kier alpha value is -3.54. The second-order valence-electron chi connectivity index (χ2n) is 8.77. The van der Waals surface area contributed by atoms with Crippen LogP contribution in [0.15, 0.2) is 48.5 Å². The molecule has 1 fully saturated rings. The number of alkyl halides is 4. The summed E-state index contributed by atoms with van der Waals surface area (Å²) in [6.07, 6.45) is -5.85. The van der Waals surface area contributed by atoms with E-state index in [4.69, 9.17) is 15.6 Å². The molecule has 3 atom stereocenters. The van der Waals surface area contributed by atoms with Gasteiger partial charge in [-0.1, -0.05) is 36.4 Å². The van der Waals surface area contributed by atoms with Crippen molar-refractivity contribution >= 4 is 17.8 Å². The molecule has 1 saturated heterocycles. The van der Waals surface area contributed by atoms with E-state index in [1.807, 2.05) is 26.0 Å². The highest BCUT2D eigenvalue weighted by Crippen LogP contribution is 2.27. The average Bonchev–Trinajstić information content (AvgIpc) is 3.25. The van der Waals surface area contributed by atoms with E-state index in [9.17, 15) is 31.5 Å². The zero-order chi connectivity index (χ0) is 27.9. The summed E-state index contributed by atoms with van der Waals surface area (Å²) in [4.78, 5) is 36.0. The molecule has 0 aliphatic carbocycles. The van der Waals surface area contributed by atoms with Crippen LogP contribution in [0.1, 0.15) is 31.7 Å². The van der Waals surface area contributed by atoms with Crippen LogP contribution >= 0.6 is 0 Å². The quantitative estimate of drug-likeness (QED) is 0.495. The predicted molar refractivity (Wildman–Crippen MR) is 126 cm³/mol. The van der Waals surface area contributed by atoms with Crippen molar-refractivity contribution in [2.45, 2.75) is 50.6 Å². The second kappa shape index (κ2) is 12.6. The lowest BCUT2D eigenvalue weighted by atomic mass is 9.88. The van der Waals surface area contributed by atoms with E-state index in [0.717, 1.165) is 11.1 Å². The van der Waals surface area contributed by atoms with Gasteiger partial charge in [-0.05, 0) is 49.1 Å². The first kappa shape index (κ1) is 29.7. The zero-order valence-corrected chi connectivity index (χ0v) is 20.1. The first-order chi connectivity index (χ1) is 17.2. The van der Waals surface area contributed by atoms with Gasteiger partial charge in [-0.2, -0.15) is 13.2 Å². The molecule has 7 nitrogen and oxygen atoms in total. The van der Waals surface area contributed by atoms with Crippen molar-refractivity contribution in [3.63, 3.8) is 0 Å². The van der Waals surface area contributed by atoms with Crippen molar-refractivity contribution in [2.75, 3.05) is 13.1 Å². The van der Waals surface area contributed by atoms with Crippen molar-refractivity contribution < 1.29 is 41.4 Å². The number of carbonyl (C=O) groups excluding carboxylic acids is 2. The van der Waals surface area contributed by atoms with E-state index in [0.29, 0.717) is 12.1 Å². The van der Waals surface area contributed by atoms with Gasteiger partial charge in [0.2, 0.25) is 11.8 Å². The number of rotatable bonds is 6. The van der Waals surface area contributed by atoms with Crippen LogP contribution in [0.25, 0.3) is 11.1 Å². The molecule has 202 valence electrons. The highest BCUT2D eigenvalue weighted by Gasteiger charge is 2.38. The van der Waals surface area contributed by atoms with Crippen LogP contribution in [0.4, 0.5) is 22.0 Å². The molecule has 3 rings (SSSR count). The first-order valence-electron chi connectivity index (χ1n) is 11.4. The average molecular weight is 530 g/mol. The summed E-state index contributed by atoms with van der Waals surface area (Å²) in [5.41, 5.74) is 8.52. The third-order valence-corrected chi connectivity index (χ3v) is 5.49. The predicted octanol–water partition coefficient (Wildman–Crippen LogP) is 3.63. The Morgan fingerprint density at radius 3 is 1.92 bits per heavy atom. The molecule has 1 aliphatic rings. The van der Waals surface area contributed by atoms with Crippen molar-refractivity contribution in [1.82, 2.24) is 10.2 Å². The molecule has 0 unspecified atom stereocenters. The number of halogens is 5. The normalized spacial score (nSPS) is 17.0. The van der Waals surface area contributed by atoms with Gasteiger partial charge in [0.05, 0.1) is 12.5 Å². The number of nitrogens with zero attached hydrogens (tertiary/aromatic N) is 1. The van der Waals surface area contributed by atoms with Gasteiger partial charge in [-0.15, -0.1) is 0 Å². The van der Waals surface area contributed by atoms with Gasteiger partial charge >= 0.3 is 12.1 Å². The number of nitrogens with one attached hydrogen (secondary N) is 1. The fraction of sp³-hybridized carbons (Fsp3) is 0.400. The van der Waals surface area contributed by atoms with Crippen LogP contribution in [0, 0.1) is 5.82 Å². The minimum Gasteiger partial charge on any atom is -0.475 e. The molecule has 0 radical (unpaired) electrons. The second-order valence-corrected chi connectivity index (χ2v) is 8.77. The molecule has 0 aromatic heterocycles. The minimum absolute atomic E-state index is 0.00849. The number of nitrogens with two attached hydrogens (primary N) is 1. The van der Waals surface area contributed by atoms with Gasteiger partial charge in [0.25, 0.3) is 0 Å². The Kier molecular flexibility index (Phi) is 10.1. The summed E-state index contributed by atoms with van der Waals surface area (Å²) < 4.78 is 58.4. The fourth-order valence-corrected chi connectivity index (χ4v) is 3.69. The van der Waals surface area contributed by atoms with Crippen molar-refractivity contribution in [3.05, 3.63) is 59.9 Å². The minimum atomic E-state index is -5.08. The van der Waals surface area contributed by atoms with E-state index in [1.165, 1.54) is 17.0 Å². The molecule has 37 heavy (non-hydrogen) atoms. The standard InChI is InChI=1S/C23H27F2N3O2.C2HF3O2/c1-14(2)27-22(29)20(21(26)23(30)28-12-11-19(25)13-28)17-5-3-15(4-6-17)16-7-9-18(24)10-8-16;3-2(4,5)1(6)7/h3-10,14,19-21H,11-13,26H2,1-2H3,(H,27,29);(H,6,7)/t19-,20-,21-;/m0./s1. The van der Waals surface area contributed by atoms with Gasteiger partial charge in [0.15, 0.2) is 0 Å². The molecule has 2 aromatic carbocycles. The number of likely N-dealkylation sites (tertiary alicyclic amines) is 1. The monoisotopic (exact) mass is 529 g/mol. The Labute approximate surface area is 210 Å². The molecule has 0 spiro atoms. The summed E-state index contributed by atoms with van der Waals surface area (Å²) >= 11 is 0. The molecular weight excluding hydrogens is 501 g/mol. The Bertz CT molecular complexity index is 1080. The number of benzene rings is 2. The van der Waals surface area contributed by atoms with E-state index in [-0.39, 0.29) is 30.7 Å². The topological polar surface area (TPSA) is 113 Å². The SMILES string of the molecule is CC(C)NC(=O)[C@@H](c1ccc(-c2ccc(F)cc2)cc1)[C@H](N)C(=O)N1CC[C@H](F)C1.O=C(O)C(F)(F)F. The fourth-order valence-electron chi connectivity index (χ4n) is 3.69. The number of aliphatic carboxylic acids is 1. The lowest BCUT2D eigenvalue weighted by Gasteiger charge is -2.27. The Morgan fingerprint density at radius 2 is 1.51 bits per heavy atom. The number of carboxylic acids is 1. The Balaban J connectivity index is 0.000000604. The van der Waals surface area contributed by atoms with Crippen LogP contribution in [-0.2, 0) is 14.4 Å². The van der Waals surface area contributed by atoms with Crippen LogP contribution in [0.2, 0.25) is 0 Å². The van der Waals surface area contributed by atoms with Crippen LogP contribution < -0.4 is 11.1 Å². The summed E-state index contributed by atoms with van der Waals surface area (Å²) in [5, 5.41) is 9.95. The van der Waals surface area contributed by atoms with Crippen LogP contribution in [-0.4, -0.2) is 65.3 Å². The highest BCUT2D eigenvalue weighted by molar-refractivity contribution is 5.94. The highest BCUT2D eigenvalue weighted by atomic mass is 19.4. The molecular formula is C25H28F5N3O4. The number of hydrogen-bond donors (Lipinski definition) is 3. The lowest BCUT2D eigenvalue weighted by molar-refractivity contribution is -0.192. The molecule has 0 saturated carbocycles. The third-order valence-electron chi connectivity index (χ3n) is 5.49. The first-order valence-corrected chi connectivity index (χ1v) is 11.4. The molecule has 0 bridgehead atoms. The van der Waals surface area contributed by atoms with Crippen molar-refractivity contribution in [3.8, 4) is 11.1 Å². The van der Waals surface area contributed by atoms with E-state index in [2.05, 4.69) is 5.32 Å². The number of carboxylic acid groups (broad SMARTS) is 1. The molecule has 4 N–H and O–H groups in total. The van der Waals surface area contributed by atoms with E-state index < -0.39 is 36.2 Å². The molecule has 2 aromatic rings.